The van der Waals surface area contributed by atoms with E-state index < -0.39 is 17.5 Å². The smallest absolute Gasteiger partial charge is 0.431 e. The zero-order valence-electron chi connectivity index (χ0n) is 17.4. The minimum Gasteiger partial charge on any atom is -0.479 e. The van der Waals surface area contributed by atoms with Crippen molar-refractivity contribution in [2.75, 3.05) is 13.1 Å². The fourth-order valence-corrected chi connectivity index (χ4v) is 4.95. The first kappa shape index (κ1) is 19.9. The number of ether oxygens (including phenoxy) is 1. The number of para-hydroxylation sites is 2. The van der Waals surface area contributed by atoms with Crippen LogP contribution in [0.1, 0.15) is 36.0 Å². The maximum atomic E-state index is 13.8. The Balaban J connectivity index is 0.00000241. The number of piperidine rings is 1. The van der Waals surface area contributed by atoms with Gasteiger partial charge in [-0.1, -0.05) is 12.1 Å². The molecule has 4 heterocycles. The number of aromatic nitrogens is 3. The Labute approximate surface area is 188 Å². The quantitative estimate of drug-likeness (QED) is 0.433. The lowest BCUT2D eigenvalue weighted by Gasteiger charge is -2.45. The van der Waals surface area contributed by atoms with Crippen LogP contribution in [0.2, 0.25) is 0 Å². The number of rotatable bonds is 1. The summed E-state index contributed by atoms with van der Waals surface area (Å²) in [6.45, 7) is 0.744. The molecule has 1 fully saturated rings. The minimum absolute atomic E-state index is 0. The maximum Gasteiger partial charge on any atom is 0.431 e. The van der Waals surface area contributed by atoms with E-state index in [0.29, 0.717) is 48.6 Å². The molecule has 1 saturated heterocycles. The van der Waals surface area contributed by atoms with Crippen LogP contribution in [-0.4, -0.2) is 38.7 Å². The molecule has 1 spiro atoms. The van der Waals surface area contributed by atoms with Gasteiger partial charge in [0.15, 0.2) is 5.60 Å². The Kier molecular flexibility index (Phi) is 4.14. The maximum absolute atomic E-state index is 13.8. The van der Waals surface area contributed by atoms with Crippen molar-refractivity contribution in [3.05, 3.63) is 77.7 Å². The van der Waals surface area contributed by atoms with Crippen molar-refractivity contribution < 1.29 is 24.1 Å². The van der Waals surface area contributed by atoms with Crippen molar-refractivity contribution in [3.63, 3.8) is 0 Å². The van der Waals surface area contributed by atoms with Gasteiger partial charge in [-0.25, -0.2) is 0 Å². The monoisotopic (exact) mass is 454 g/mol. The minimum atomic E-state index is -4.49. The van der Waals surface area contributed by atoms with Crippen LogP contribution in [0.5, 0.6) is 5.75 Å². The van der Waals surface area contributed by atoms with Crippen LogP contribution < -0.4 is 4.74 Å². The number of hydrogen-bond acceptors (Lipinski definition) is 3. The number of carbonyl (C=O) groups is 1. The molecule has 6 nitrogen and oxygen atoms in total. The number of likely N-dealkylation sites (tertiary alicyclic amines) is 1. The van der Waals surface area contributed by atoms with E-state index in [1.54, 1.807) is 47.5 Å². The molecule has 0 bridgehead atoms. The average Bonchev–Trinajstić information content (AvgIpc) is 3.46. The Bertz CT molecular complexity index is 1390. The first-order valence-electron chi connectivity index (χ1n) is 10.7. The fraction of sp³-hybridized carbons (Fsp3) is 0.250. The number of carbonyl (C=O) groups excluding carboxylic acids is 1. The second kappa shape index (κ2) is 6.87. The molecule has 0 aliphatic carbocycles. The molecule has 2 aromatic heterocycles. The van der Waals surface area contributed by atoms with Crippen LogP contribution in [0.15, 0.2) is 60.8 Å². The summed E-state index contributed by atoms with van der Waals surface area (Å²) in [5, 5.41) is 7.69. The van der Waals surface area contributed by atoms with Gasteiger partial charge < -0.3 is 14.2 Å². The van der Waals surface area contributed by atoms with Gasteiger partial charge in [0, 0.05) is 38.3 Å². The summed E-state index contributed by atoms with van der Waals surface area (Å²) in [5.41, 5.74) is 0.600. The van der Waals surface area contributed by atoms with Crippen LogP contribution in [-0.2, 0) is 11.8 Å². The molecule has 2 aliphatic rings. The van der Waals surface area contributed by atoms with Gasteiger partial charge in [0.05, 0.1) is 23.1 Å². The number of alkyl halides is 3. The van der Waals surface area contributed by atoms with E-state index in [0.717, 1.165) is 17.0 Å². The molecule has 0 saturated carbocycles. The van der Waals surface area contributed by atoms with E-state index in [2.05, 4.69) is 10.2 Å². The summed E-state index contributed by atoms with van der Waals surface area (Å²) in [7, 11) is 0. The molecule has 2 aliphatic heterocycles. The highest BCUT2D eigenvalue weighted by molar-refractivity contribution is 5.98. The summed E-state index contributed by atoms with van der Waals surface area (Å²) in [4.78, 5) is 14.8. The molecule has 1 N–H and O–H groups in total. The Morgan fingerprint density at radius 1 is 1.09 bits per heavy atom. The van der Waals surface area contributed by atoms with E-state index in [1.165, 1.54) is 10.6 Å². The van der Waals surface area contributed by atoms with Crippen LogP contribution in [0, 0.1) is 0 Å². The third-order valence-corrected chi connectivity index (χ3v) is 6.60. The van der Waals surface area contributed by atoms with Gasteiger partial charge in [0.25, 0.3) is 5.91 Å². The molecule has 0 radical (unpaired) electrons. The molecule has 33 heavy (non-hydrogen) atoms. The topological polar surface area (TPSA) is 63.1 Å². The standard InChI is InChI=1S/C24H19F3N4O2.H2/c25-24(26,27)21-8-7-20-23(33-19-4-2-1-3-18(19)31(20)21)9-11-30(12-10-23)22(32)15-5-6-17-16(13-15)14-28-29-17;/h1-8,13-14H,9-12H2,(H,28,29);1H. The van der Waals surface area contributed by atoms with Crippen LogP contribution in [0.4, 0.5) is 13.2 Å². The number of hydrogen-bond donors (Lipinski definition) is 1. The van der Waals surface area contributed by atoms with Gasteiger partial charge in [-0.15, -0.1) is 0 Å². The highest BCUT2D eigenvalue weighted by atomic mass is 19.4. The summed E-state index contributed by atoms with van der Waals surface area (Å²) < 4.78 is 49.0. The van der Waals surface area contributed by atoms with Crippen LogP contribution >= 0.6 is 0 Å². The third-order valence-electron chi connectivity index (χ3n) is 6.60. The molecule has 0 atom stereocenters. The molecular weight excluding hydrogens is 433 g/mol. The SMILES string of the molecule is O=C(c1ccc2[nH]ncc2c1)N1CCC2(CC1)Oc1ccccc1-n1c(C(F)(F)F)ccc12.[HH]. The van der Waals surface area contributed by atoms with Crippen molar-refractivity contribution >= 4 is 16.8 Å². The predicted molar refractivity (Wildman–Crippen MR) is 116 cm³/mol. The summed E-state index contributed by atoms with van der Waals surface area (Å²) >= 11 is 0. The highest BCUT2D eigenvalue weighted by Crippen LogP contribution is 2.48. The number of H-pyrrole nitrogens is 1. The molecule has 1 amide bonds. The zero-order chi connectivity index (χ0) is 22.8. The summed E-state index contributed by atoms with van der Waals surface area (Å²) in [6, 6.07) is 14.7. The van der Waals surface area contributed by atoms with E-state index in [-0.39, 0.29) is 7.33 Å². The van der Waals surface area contributed by atoms with Crippen molar-refractivity contribution in [3.8, 4) is 11.4 Å². The number of nitrogens with zero attached hydrogens (tertiary/aromatic N) is 3. The van der Waals surface area contributed by atoms with Gasteiger partial charge in [0.2, 0.25) is 0 Å². The normalized spacial score (nSPS) is 17.0. The van der Waals surface area contributed by atoms with E-state index >= 15 is 0 Å². The Hall–Kier alpha value is -3.75. The predicted octanol–water partition coefficient (Wildman–Crippen LogP) is 5.14. The summed E-state index contributed by atoms with van der Waals surface area (Å²) in [5.74, 6) is 0.299. The molecule has 0 unspecified atom stereocenters. The molecule has 2 aromatic carbocycles. The lowest BCUT2D eigenvalue weighted by Crippen LogP contribution is -2.50. The van der Waals surface area contributed by atoms with Crippen LogP contribution in [0.25, 0.3) is 16.6 Å². The molecule has 170 valence electrons. The highest BCUT2D eigenvalue weighted by Gasteiger charge is 2.48. The third kappa shape index (κ3) is 3.02. The Morgan fingerprint density at radius 3 is 2.67 bits per heavy atom. The van der Waals surface area contributed by atoms with Crippen molar-refractivity contribution in [1.82, 2.24) is 19.7 Å². The number of amides is 1. The zero-order valence-corrected chi connectivity index (χ0v) is 17.4. The lowest BCUT2D eigenvalue weighted by atomic mass is 9.86. The average molecular weight is 454 g/mol. The Morgan fingerprint density at radius 2 is 1.88 bits per heavy atom. The van der Waals surface area contributed by atoms with Crippen molar-refractivity contribution in [1.29, 1.82) is 0 Å². The molecule has 9 heteroatoms. The summed E-state index contributed by atoms with van der Waals surface area (Å²) in [6.07, 6.45) is -2.05. The number of aromatic amines is 1. The molecule has 6 rings (SSSR count). The first-order valence-corrected chi connectivity index (χ1v) is 10.7. The van der Waals surface area contributed by atoms with Crippen molar-refractivity contribution in [2.45, 2.75) is 24.6 Å². The van der Waals surface area contributed by atoms with Crippen LogP contribution in [0.3, 0.4) is 0 Å². The number of fused-ring (bicyclic) bond motifs is 5. The molecular formula is C24H21F3N4O2. The number of benzene rings is 2. The van der Waals surface area contributed by atoms with Gasteiger partial charge in [-0.05, 0) is 42.5 Å². The van der Waals surface area contributed by atoms with Gasteiger partial charge in [-0.3, -0.25) is 9.89 Å². The van der Waals surface area contributed by atoms with Crippen molar-refractivity contribution in [2.24, 2.45) is 0 Å². The fourth-order valence-electron chi connectivity index (χ4n) is 4.95. The second-order valence-corrected chi connectivity index (χ2v) is 8.47. The van der Waals surface area contributed by atoms with E-state index in [9.17, 15) is 18.0 Å². The van der Waals surface area contributed by atoms with Gasteiger partial charge in [0.1, 0.15) is 11.4 Å². The lowest BCUT2D eigenvalue weighted by molar-refractivity contribution is -0.143. The number of nitrogens with one attached hydrogen (secondary N) is 1. The largest absolute Gasteiger partial charge is 0.479 e. The van der Waals surface area contributed by atoms with Gasteiger partial charge >= 0.3 is 6.18 Å². The molecule has 4 aromatic rings. The van der Waals surface area contributed by atoms with Gasteiger partial charge in [-0.2, -0.15) is 18.3 Å². The first-order chi connectivity index (χ1) is 15.9. The number of halogens is 3. The second-order valence-electron chi connectivity index (χ2n) is 8.47. The van der Waals surface area contributed by atoms with E-state index in [1.807, 2.05) is 6.07 Å². The van der Waals surface area contributed by atoms with E-state index in [4.69, 9.17) is 4.74 Å².